The third-order valence-corrected chi connectivity index (χ3v) is 5.56. The lowest BCUT2D eigenvalue weighted by Crippen LogP contribution is -2.49. The molecule has 3 aromatic carbocycles. The second-order valence-corrected chi connectivity index (χ2v) is 7.78. The lowest BCUT2D eigenvalue weighted by Gasteiger charge is -2.37. The summed E-state index contributed by atoms with van der Waals surface area (Å²) in [5.74, 6) is 0.742. The SMILES string of the molecule is O[C@@H](COc1cccc2ccccc12)CN1CCN(c2cccc(C(F)(F)F)c2)CC1. The average molecular weight is 430 g/mol. The Morgan fingerprint density at radius 2 is 1.61 bits per heavy atom. The molecule has 1 fully saturated rings. The third kappa shape index (κ3) is 5.29. The van der Waals surface area contributed by atoms with Crippen LogP contribution in [0.3, 0.4) is 0 Å². The molecule has 164 valence electrons. The number of nitrogens with zero attached hydrogens (tertiary/aromatic N) is 2. The number of fused-ring (bicyclic) bond motifs is 1. The zero-order chi connectivity index (χ0) is 21.8. The Hall–Kier alpha value is -2.77. The van der Waals surface area contributed by atoms with Gasteiger partial charge in [0.2, 0.25) is 0 Å². The van der Waals surface area contributed by atoms with Gasteiger partial charge < -0.3 is 14.7 Å². The lowest BCUT2D eigenvalue weighted by atomic mass is 10.1. The molecule has 1 heterocycles. The summed E-state index contributed by atoms with van der Waals surface area (Å²) in [6, 6.07) is 19.2. The Morgan fingerprint density at radius 1 is 0.903 bits per heavy atom. The smallest absolute Gasteiger partial charge is 0.416 e. The first-order valence-corrected chi connectivity index (χ1v) is 10.3. The molecule has 1 aliphatic heterocycles. The summed E-state index contributed by atoms with van der Waals surface area (Å²) >= 11 is 0. The minimum atomic E-state index is -4.34. The molecule has 0 amide bonds. The number of hydrogen-bond donors (Lipinski definition) is 1. The Labute approximate surface area is 179 Å². The van der Waals surface area contributed by atoms with Crippen LogP contribution in [-0.4, -0.2) is 55.4 Å². The van der Waals surface area contributed by atoms with Crippen LogP contribution in [0.2, 0.25) is 0 Å². The van der Waals surface area contributed by atoms with Gasteiger partial charge in [-0.15, -0.1) is 0 Å². The van der Waals surface area contributed by atoms with E-state index in [1.54, 1.807) is 6.07 Å². The van der Waals surface area contributed by atoms with Crippen molar-refractivity contribution in [3.8, 4) is 5.75 Å². The van der Waals surface area contributed by atoms with Gasteiger partial charge >= 0.3 is 6.18 Å². The molecule has 4 rings (SSSR count). The molecule has 0 radical (unpaired) electrons. The Morgan fingerprint density at radius 3 is 2.39 bits per heavy atom. The van der Waals surface area contributed by atoms with Crippen LogP contribution < -0.4 is 9.64 Å². The van der Waals surface area contributed by atoms with E-state index < -0.39 is 17.8 Å². The van der Waals surface area contributed by atoms with Crippen molar-refractivity contribution in [2.24, 2.45) is 0 Å². The number of β-amino-alcohol motifs (C(OH)–C–C–N with tert-alkyl or cyclic N) is 1. The Kier molecular flexibility index (Phi) is 6.34. The van der Waals surface area contributed by atoms with Gasteiger partial charge in [-0.05, 0) is 29.7 Å². The van der Waals surface area contributed by atoms with E-state index in [9.17, 15) is 18.3 Å². The summed E-state index contributed by atoms with van der Waals surface area (Å²) < 4.78 is 44.7. The average Bonchev–Trinajstić information content (AvgIpc) is 2.78. The zero-order valence-corrected chi connectivity index (χ0v) is 17.1. The molecule has 0 aromatic heterocycles. The van der Waals surface area contributed by atoms with Crippen LogP contribution in [0.15, 0.2) is 66.7 Å². The van der Waals surface area contributed by atoms with Gasteiger partial charge in [-0.2, -0.15) is 13.2 Å². The maximum atomic E-state index is 13.0. The van der Waals surface area contributed by atoms with Crippen LogP contribution in [-0.2, 0) is 6.18 Å². The number of aliphatic hydroxyl groups excluding tert-OH is 1. The highest BCUT2D eigenvalue weighted by Gasteiger charge is 2.31. The molecule has 0 saturated carbocycles. The van der Waals surface area contributed by atoms with Crippen molar-refractivity contribution in [3.05, 3.63) is 72.3 Å². The number of benzene rings is 3. The number of alkyl halides is 3. The van der Waals surface area contributed by atoms with Gasteiger partial charge in [-0.3, -0.25) is 4.90 Å². The second-order valence-electron chi connectivity index (χ2n) is 7.78. The number of ether oxygens (including phenoxy) is 1. The molecule has 0 bridgehead atoms. The van der Waals surface area contributed by atoms with Crippen LogP contribution in [0.1, 0.15) is 5.56 Å². The highest BCUT2D eigenvalue weighted by molar-refractivity contribution is 5.88. The van der Waals surface area contributed by atoms with Gasteiger partial charge in [0.15, 0.2) is 0 Å². The van der Waals surface area contributed by atoms with E-state index in [0.717, 1.165) is 22.6 Å². The van der Waals surface area contributed by atoms with E-state index in [-0.39, 0.29) is 6.61 Å². The molecule has 1 saturated heterocycles. The number of hydrogen-bond acceptors (Lipinski definition) is 4. The van der Waals surface area contributed by atoms with Crippen molar-refractivity contribution in [1.29, 1.82) is 0 Å². The predicted molar refractivity (Wildman–Crippen MR) is 116 cm³/mol. The first kappa shape index (κ1) is 21.5. The molecule has 0 spiro atoms. The summed E-state index contributed by atoms with van der Waals surface area (Å²) in [5.41, 5.74) is -0.0530. The number of aliphatic hydroxyl groups is 1. The first-order chi connectivity index (χ1) is 14.9. The minimum Gasteiger partial charge on any atom is -0.490 e. The van der Waals surface area contributed by atoms with Crippen LogP contribution >= 0.6 is 0 Å². The van der Waals surface area contributed by atoms with Gasteiger partial charge in [0.05, 0.1) is 5.56 Å². The maximum absolute atomic E-state index is 13.0. The van der Waals surface area contributed by atoms with E-state index >= 15 is 0 Å². The van der Waals surface area contributed by atoms with E-state index in [2.05, 4.69) is 4.90 Å². The van der Waals surface area contributed by atoms with Gasteiger partial charge in [0.1, 0.15) is 18.5 Å². The fraction of sp³-hybridized carbons (Fsp3) is 0.333. The van der Waals surface area contributed by atoms with E-state index in [1.165, 1.54) is 12.1 Å². The minimum absolute atomic E-state index is 0.182. The van der Waals surface area contributed by atoms with Crippen molar-refractivity contribution < 1.29 is 23.0 Å². The number of halogens is 3. The molecule has 1 N–H and O–H groups in total. The van der Waals surface area contributed by atoms with Crippen molar-refractivity contribution in [2.45, 2.75) is 12.3 Å². The summed E-state index contributed by atoms with van der Waals surface area (Å²) in [5, 5.41) is 12.5. The van der Waals surface area contributed by atoms with E-state index in [4.69, 9.17) is 4.74 Å². The first-order valence-electron chi connectivity index (χ1n) is 10.3. The quantitative estimate of drug-likeness (QED) is 0.628. The normalized spacial score (nSPS) is 16.5. The standard InChI is InChI=1S/C24H25F3N2O2/c25-24(26,27)19-7-4-8-20(15-19)29-13-11-28(12-14-29)16-21(30)17-31-23-10-3-6-18-5-1-2-9-22(18)23/h1-10,15,21,30H,11-14,16-17H2/t21-/m1/s1. The summed E-state index contributed by atoms with van der Waals surface area (Å²) in [7, 11) is 0. The van der Waals surface area contributed by atoms with Crippen molar-refractivity contribution in [2.75, 3.05) is 44.2 Å². The molecule has 31 heavy (non-hydrogen) atoms. The molecule has 1 atom stereocenters. The van der Waals surface area contributed by atoms with Gasteiger partial charge in [-0.25, -0.2) is 0 Å². The van der Waals surface area contributed by atoms with Crippen molar-refractivity contribution >= 4 is 16.5 Å². The summed E-state index contributed by atoms with van der Waals surface area (Å²) in [6.07, 6.45) is -4.99. The van der Waals surface area contributed by atoms with Crippen LogP contribution in [0.5, 0.6) is 5.75 Å². The van der Waals surface area contributed by atoms with Gasteiger partial charge in [0.25, 0.3) is 0 Å². The summed E-state index contributed by atoms with van der Waals surface area (Å²) in [4.78, 5) is 4.06. The van der Waals surface area contributed by atoms with Crippen LogP contribution in [0.25, 0.3) is 10.8 Å². The topological polar surface area (TPSA) is 35.9 Å². The molecule has 0 unspecified atom stereocenters. The fourth-order valence-corrected chi connectivity index (χ4v) is 3.93. The lowest BCUT2D eigenvalue weighted by molar-refractivity contribution is -0.137. The number of rotatable bonds is 6. The second kappa shape index (κ2) is 9.16. The summed E-state index contributed by atoms with van der Waals surface area (Å²) in [6.45, 7) is 3.20. The molecule has 4 nitrogen and oxygen atoms in total. The molecule has 1 aliphatic rings. The van der Waals surface area contributed by atoms with Crippen LogP contribution in [0, 0.1) is 0 Å². The number of piperazine rings is 1. The highest BCUT2D eigenvalue weighted by atomic mass is 19.4. The predicted octanol–water partition coefficient (Wildman–Crippen LogP) is 4.42. The number of anilines is 1. The fourth-order valence-electron chi connectivity index (χ4n) is 3.93. The largest absolute Gasteiger partial charge is 0.490 e. The van der Waals surface area contributed by atoms with Crippen molar-refractivity contribution in [3.63, 3.8) is 0 Å². The Balaban J connectivity index is 1.28. The molecule has 7 heteroatoms. The molecular weight excluding hydrogens is 405 g/mol. The van der Waals surface area contributed by atoms with Gasteiger partial charge in [0, 0.05) is 43.8 Å². The monoisotopic (exact) mass is 430 g/mol. The van der Waals surface area contributed by atoms with E-state index in [0.29, 0.717) is 38.4 Å². The van der Waals surface area contributed by atoms with E-state index in [1.807, 2.05) is 47.4 Å². The Bertz CT molecular complexity index is 1010. The van der Waals surface area contributed by atoms with Crippen LogP contribution in [0.4, 0.5) is 18.9 Å². The van der Waals surface area contributed by atoms with Gasteiger partial charge in [-0.1, -0.05) is 42.5 Å². The van der Waals surface area contributed by atoms with Crippen molar-refractivity contribution in [1.82, 2.24) is 4.90 Å². The third-order valence-electron chi connectivity index (χ3n) is 5.56. The highest BCUT2D eigenvalue weighted by Crippen LogP contribution is 2.32. The maximum Gasteiger partial charge on any atom is 0.416 e. The molecule has 3 aromatic rings. The molecular formula is C24H25F3N2O2. The molecule has 0 aliphatic carbocycles. The zero-order valence-electron chi connectivity index (χ0n) is 17.1.